The summed E-state index contributed by atoms with van der Waals surface area (Å²) in [6, 6.07) is 1.28. The first kappa shape index (κ1) is 15.3. The van der Waals surface area contributed by atoms with Crippen molar-refractivity contribution in [3.63, 3.8) is 0 Å². The van der Waals surface area contributed by atoms with Gasteiger partial charge in [-0.2, -0.15) is 13.2 Å². The minimum absolute atomic E-state index is 0.0856. The van der Waals surface area contributed by atoms with Gasteiger partial charge in [0, 0.05) is 26.2 Å². The number of alkyl halides is 3. The van der Waals surface area contributed by atoms with Gasteiger partial charge in [0.2, 0.25) is 11.7 Å². The highest BCUT2D eigenvalue weighted by Gasteiger charge is 2.41. The number of rotatable bonds is 2. The molecular formula is C12H16F3N5O. The van der Waals surface area contributed by atoms with Crippen LogP contribution in [0, 0.1) is 5.41 Å². The fourth-order valence-electron chi connectivity index (χ4n) is 2.39. The van der Waals surface area contributed by atoms with Gasteiger partial charge in [0.15, 0.2) is 0 Å². The Morgan fingerprint density at radius 3 is 2.71 bits per heavy atom. The highest BCUT2D eigenvalue weighted by molar-refractivity contribution is 5.83. The molecule has 1 aliphatic rings. The maximum Gasteiger partial charge on any atom is 0.451 e. The lowest BCUT2D eigenvalue weighted by Crippen LogP contribution is -2.39. The molecule has 0 aromatic carbocycles. The van der Waals surface area contributed by atoms with Gasteiger partial charge >= 0.3 is 6.18 Å². The first-order valence-corrected chi connectivity index (χ1v) is 6.34. The van der Waals surface area contributed by atoms with E-state index in [9.17, 15) is 18.0 Å². The van der Waals surface area contributed by atoms with Gasteiger partial charge in [0.25, 0.3) is 0 Å². The second-order valence-corrected chi connectivity index (χ2v) is 5.28. The molecule has 1 unspecified atom stereocenters. The Kier molecular flexibility index (Phi) is 3.68. The van der Waals surface area contributed by atoms with Crippen molar-refractivity contribution in [2.75, 3.05) is 30.8 Å². The summed E-state index contributed by atoms with van der Waals surface area (Å²) < 4.78 is 38.1. The van der Waals surface area contributed by atoms with Crippen LogP contribution in [-0.2, 0) is 11.0 Å². The topological polar surface area (TPSA) is 84.1 Å². The van der Waals surface area contributed by atoms with Gasteiger partial charge in [0.1, 0.15) is 11.6 Å². The molecule has 1 atom stereocenters. The Morgan fingerprint density at radius 1 is 1.48 bits per heavy atom. The fourth-order valence-corrected chi connectivity index (χ4v) is 2.39. The second-order valence-electron chi connectivity index (χ2n) is 5.28. The molecule has 21 heavy (non-hydrogen) atoms. The molecule has 0 radical (unpaired) electrons. The summed E-state index contributed by atoms with van der Waals surface area (Å²) in [5, 5.41) is 2.56. The number of nitrogen functional groups attached to an aromatic ring is 1. The molecule has 1 aromatic heterocycles. The van der Waals surface area contributed by atoms with Gasteiger partial charge in [-0.15, -0.1) is 0 Å². The third kappa shape index (κ3) is 3.01. The van der Waals surface area contributed by atoms with E-state index in [0.29, 0.717) is 13.0 Å². The van der Waals surface area contributed by atoms with E-state index >= 15 is 0 Å². The van der Waals surface area contributed by atoms with E-state index in [2.05, 4.69) is 15.3 Å². The predicted octanol–water partition coefficient (Wildman–Crippen LogP) is 1.04. The van der Waals surface area contributed by atoms with E-state index < -0.39 is 17.4 Å². The molecule has 0 spiro atoms. The standard InChI is InChI=1S/C12H16F3N5O/c1-11(10(21)17-2)3-4-20(6-11)8-5-7(16)18-9(19-8)12(13,14)15/h5H,3-4,6H2,1-2H3,(H,17,21)(H2,16,18,19). The number of carbonyl (C=O) groups is 1. The Bertz CT molecular complexity index is 562. The molecule has 1 amide bonds. The van der Waals surface area contributed by atoms with Crippen LogP contribution < -0.4 is 16.0 Å². The summed E-state index contributed by atoms with van der Waals surface area (Å²) in [5.74, 6) is -1.59. The van der Waals surface area contributed by atoms with Crippen molar-refractivity contribution in [2.24, 2.45) is 5.41 Å². The molecule has 1 aromatic rings. The lowest BCUT2D eigenvalue weighted by Gasteiger charge is -2.23. The first-order valence-electron chi connectivity index (χ1n) is 6.34. The van der Waals surface area contributed by atoms with E-state index in [1.165, 1.54) is 13.1 Å². The minimum atomic E-state index is -4.66. The lowest BCUT2D eigenvalue weighted by atomic mass is 9.89. The molecule has 116 valence electrons. The van der Waals surface area contributed by atoms with E-state index in [-0.39, 0.29) is 24.1 Å². The number of anilines is 2. The van der Waals surface area contributed by atoms with Crippen molar-refractivity contribution in [3.8, 4) is 0 Å². The molecule has 6 nitrogen and oxygen atoms in total. The van der Waals surface area contributed by atoms with Crippen LogP contribution in [0.5, 0.6) is 0 Å². The van der Waals surface area contributed by atoms with Gasteiger partial charge in [-0.3, -0.25) is 4.79 Å². The van der Waals surface area contributed by atoms with Crippen LogP contribution in [0.4, 0.5) is 24.8 Å². The molecule has 1 fully saturated rings. The van der Waals surface area contributed by atoms with E-state index in [4.69, 9.17) is 5.73 Å². The van der Waals surface area contributed by atoms with Crippen LogP contribution in [0.3, 0.4) is 0 Å². The predicted molar refractivity (Wildman–Crippen MR) is 70.5 cm³/mol. The third-order valence-corrected chi connectivity index (χ3v) is 3.56. The Hall–Kier alpha value is -2.06. The summed E-state index contributed by atoms with van der Waals surface area (Å²) >= 11 is 0. The maximum atomic E-state index is 12.7. The maximum absolute atomic E-state index is 12.7. The van der Waals surface area contributed by atoms with Crippen LogP contribution in [-0.4, -0.2) is 36.0 Å². The smallest absolute Gasteiger partial charge is 0.384 e. The van der Waals surface area contributed by atoms with Crippen LogP contribution in [0.15, 0.2) is 6.07 Å². The average molecular weight is 303 g/mol. The van der Waals surface area contributed by atoms with Crippen LogP contribution >= 0.6 is 0 Å². The van der Waals surface area contributed by atoms with Crippen molar-refractivity contribution in [1.82, 2.24) is 15.3 Å². The lowest BCUT2D eigenvalue weighted by molar-refractivity contribution is -0.144. The number of nitrogens with one attached hydrogen (secondary N) is 1. The number of amides is 1. The molecular weight excluding hydrogens is 287 g/mol. The fraction of sp³-hybridized carbons (Fsp3) is 0.583. The van der Waals surface area contributed by atoms with Gasteiger partial charge in [-0.1, -0.05) is 0 Å². The quantitative estimate of drug-likeness (QED) is 0.853. The summed E-state index contributed by atoms with van der Waals surface area (Å²) in [6.07, 6.45) is -4.13. The number of nitrogens with zero attached hydrogens (tertiary/aromatic N) is 3. The van der Waals surface area contributed by atoms with Gasteiger partial charge < -0.3 is 16.0 Å². The molecule has 0 bridgehead atoms. The Morgan fingerprint density at radius 2 is 2.14 bits per heavy atom. The molecule has 2 rings (SSSR count). The zero-order valence-corrected chi connectivity index (χ0v) is 11.7. The highest BCUT2D eigenvalue weighted by atomic mass is 19.4. The van der Waals surface area contributed by atoms with Crippen molar-refractivity contribution >= 4 is 17.5 Å². The third-order valence-electron chi connectivity index (χ3n) is 3.56. The monoisotopic (exact) mass is 303 g/mol. The number of carbonyl (C=O) groups excluding carboxylic acids is 1. The molecule has 3 N–H and O–H groups in total. The number of halogens is 3. The molecule has 1 saturated heterocycles. The highest BCUT2D eigenvalue weighted by Crippen LogP contribution is 2.34. The van der Waals surface area contributed by atoms with Crippen LogP contribution in [0.2, 0.25) is 0 Å². The summed E-state index contributed by atoms with van der Waals surface area (Å²) in [4.78, 5) is 20.2. The number of hydrogen-bond acceptors (Lipinski definition) is 5. The zero-order chi connectivity index (χ0) is 15.8. The van der Waals surface area contributed by atoms with Crippen molar-refractivity contribution in [1.29, 1.82) is 0 Å². The second kappa shape index (κ2) is 5.05. The average Bonchev–Trinajstić information content (AvgIpc) is 2.80. The van der Waals surface area contributed by atoms with E-state index in [0.717, 1.165) is 0 Å². The molecule has 0 aliphatic carbocycles. The Labute approximate surface area is 119 Å². The number of aromatic nitrogens is 2. The van der Waals surface area contributed by atoms with Gasteiger partial charge in [-0.25, -0.2) is 9.97 Å². The largest absolute Gasteiger partial charge is 0.451 e. The van der Waals surface area contributed by atoms with E-state index in [1.54, 1.807) is 11.8 Å². The van der Waals surface area contributed by atoms with Gasteiger partial charge in [0.05, 0.1) is 5.41 Å². The molecule has 1 aliphatic heterocycles. The number of nitrogens with two attached hydrogens (primary N) is 1. The summed E-state index contributed by atoms with van der Waals surface area (Å²) in [6.45, 7) is 2.47. The Balaban J connectivity index is 2.28. The summed E-state index contributed by atoms with van der Waals surface area (Å²) in [7, 11) is 1.53. The SMILES string of the molecule is CNC(=O)C1(C)CCN(c2cc(N)nc(C(F)(F)F)n2)C1. The minimum Gasteiger partial charge on any atom is -0.384 e. The molecule has 2 heterocycles. The zero-order valence-electron chi connectivity index (χ0n) is 11.7. The van der Waals surface area contributed by atoms with Crippen molar-refractivity contribution in [3.05, 3.63) is 11.9 Å². The van der Waals surface area contributed by atoms with Gasteiger partial charge in [-0.05, 0) is 13.3 Å². The first-order chi connectivity index (χ1) is 9.65. The van der Waals surface area contributed by atoms with Crippen molar-refractivity contribution < 1.29 is 18.0 Å². The molecule has 9 heteroatoms. The summed E-state index contributed by atoms with van der Waals surface area (Å²) in [5.41, 5.74) is 4.76. The van der Waals surface area contributed by atoms with E-state index in [1.807, 2.05) is 0 Å². The normalized spacial score (nSPS) is 22.4. The molecule has 0 saturated carbocycles. The van der Waals surface area contributed by atoms with Crippen molar-refractivity contribution in [2.45, 2.75) is 19.5 Å². The number of hydrogen-bond donors (Lipinski definition) is 2. The van der Waals surface area contributed by atoms with Crippen LogP contribution in [0.25, 0.3) is 0 Å². The van der Waals surface area contributed by atoms with Crippen LogP contribution in [0.1, 0.15) is 19.2 Å².